The highest BCUT2D eigenvalue weighted by Gasteiger charge is 2.10. The average molecular weight is 259 g/mol. The van der Waals surface area contributed by atoms with Crippen LogP contribution in [0.2, 0.25) is 0 Å². The molecular formula is C17H13N3. The number of nitrogens with zero attached hydrogens (tertiary/aromatic N) is 3. The van der Waals surface area contributed by atoms with Crippen LogP contribution >= 0.6 is 0 Å². The first-order valence-electron chi connectivity index (χ1n) is 6.34. The molecule has 0 atom stereocenters. The molecular weight excluding hydrogens is 246 g/mol. The molecule has 3 aromatic heterocycles. The minimum atomic E-state index is 0.823. The summed E-state index contributed by atoms with van der Waals surface area (Å²) in [6, 6.07) is 13.6. The largest absolute Gasteiger partial charge is 0.256 e. The first-order valence-corrected chi connectivity index (χ1v) is 6.34. The van der Waals surface area contributed by atoms with Gasteiger partial charge in [-0.2, -0.15) is 0 Å². The van der Waals surface area contributed by atoms with Crippen LogP contribution in [0.4, 0.5) is 0 Å². The van der Waals surface area contributed by atoms with Crippen molar-refractivity contribution >= 4 is 6.08 Å². The van der Waals surface area contributed by atoms with Crippen LogP contribution < -0.4 is 0 Å². The molecule has 0 amide bonds. The van der Waals surface area contributed by atoms with Crippen LogP contribution in [0, 0.1) is 0 Å². The van der Waals surface area contributed by atoms with E-state index in [1.807, 2.05) is 42.5 Å². The Labute approximate surface area is 117 Å². The van der Waals surface area contributed by atoms with Crippen molar-refractivity contribution in [2.24, 2.45) is 0 Å². The second-order valence-corrected chi connectivity index (χ2v) is 4.29. The maximum absolute atomic E-state index is 4.46. The smallest absolute Gasteiger partial charge is 0.0980 e. The Morgan fingerprint density at radius 1 is 0.800 bits per heavy atom. The van der Waals surface area contributed by atoms with Crippen LogP contribution in [0.5, 0.6) is 0 Å². The van der Waals surface area contributed by atoms with Crippen molar-refractivity contribution < 1.29 is 0 Å². The van der Waals surface area contributed by atoms with E-state index in [1.54, 1.807) is 24.7 Å². The Bertz CT molecular complexity index is 736. The Kier molecular flexibility index (Phi) is 3.33. The standard InChI is InChI=1S/C17H13N3/c1-2-13-8-11-19-16(12-13)17-14(6-5-10-20-17)15-7-3-4-9-18-15/h2-12H,1H2. The van der Waals surface area contributed by atoms with Crippen molar-refractivity contribution in [1.82, 2.24) is 15.0 Å². The van der Waals surface area contributed by atoms with Crippen LogP contribution in [0.25, 0.3) is 28.7 Å². The molecule has 3 rings (SSSR count). The molecule has 0 aliphatic carbocycles. The molecule has 0 unspecified atom stereocenters. The zero-order valence-corrected chi connectivity index (χ0v) is 10.9. The molecule has 0 N–H and O–H groups in total. The predicted molar refractivity (Wildman–Crippen MR) is 80.8 cm³/mol. The zero-order valence-electron chi connectivity index (χ0n) is 10.9. The zero-order chi connectivity index (χ0) is 13.8. The summed E-state index contributed by atoms with van der Waals surface area (Å²) in [7, 11) is 0. The number of hydrogen-bond acceptors (Lipinski definition) is 3. The highest BCUT2D eigenvalue weighted by molar-refractivity contribution is 5.77. The van der Waals surface area contributed by atoms with E-state index in [-0.39, 0.29) is 0 Å². The predicted octanol–water partition coefficient (Wildman–Crippen LogP) is 3.85. The summed E-state index contributed by atoms with van der Waals surface area (Å²) in [6.07, 6.45) is 7.11. The lowest BCUT2D eigenvalue weighted by Gasteiger charge is -2.07. The minimum Gasteiger partial charge on any atom is -0.256 e. The third kappa shape index (κ3) is 2.34. The van der Waals surface area contributed by atoms with Gasteiger partial charge in [0.1, 0.15) is 0 Å². The average Bonchev–Trinajstić information content (AvgIpc) is 2.56. The molecule has 0 radical (unpaired) electrons. The summed E-state index contributed by atoms with van der Waals surface area (Å²) in [4.78, 5) is 13.3. The second-order valence-electron chi connectivity index (χ2n) is 4.29. The van der Waals surface area contributed by atoms with Crippen molar-refractivity contribution in [3.05, 3.63) is 73.2 Å². The van der Waals surface area contributed by atoms with Crippen LogP contribution in [-0.4, -0.2) is 15.0 Å². The van der Waals surface area contributed by atoms with Crippen molar-refractivity contribution in [3.8, 4) is 22.6 Å². The highest BCUT2D eigenvalue weighted by Crippen LogP contribution is 2.27. The Balaban J connectivity index is 2.17. The molecule has 0 saturated heterocycles. The lowest BCUT2D eigenvalue weighted by molar-refractivity contribution is 1.23. The topological polar surface area (TPSA) is 38.7 Å². The van der Waals surface area contributed by atoms with E-state index in [9.17, 15) is 0 Å². The molecule has 0 aliphatic rings. The Morgan fingerprint density at radius 3 is 2.45 bits per heavy atom. The van der Waals surface area contributed by atoms with Crippen molar-refractivity contribution in [2.75, 3.05) is 0 Å². The van der Waals surface area contributed by atoms with Crippen molar-refractivity contribution in [3.63, 3.8) is 0 Å². The van der Waals surface area contributed by atoms with Crippen LogP contribution in [0.15, 0.2) is 67.6 Å². The quantitative estimate of drug-likeness (QED) is 0.717. The Morgan fingerprint density at radius 2 is 1.65 bits per heavy atom. The normalized spacial score (nSPS) is 10.2. The van der Waals surface area contributed by atoms with E-state index in [0.717, 1.165) is 28.2 Å². The van der Waals surface area contributed by atoms with Crippen LogP contribution in [0.1, 0.15) is 5.56 Å². The van der Waals surface area contributed by atoms with Crippen LogP contribution in [0.3, 0.4) is 0 Å². The fourth-order valence-electron chi connectivity index (χ4n) is 2.04. The number of hydrogen-bond donors (Lipinski definition) is 0. The van der Waals surface area contributed by atoms with E-state index >= 15 is 0 Å². The van der Waals surface area contributed by atoms with Gasteiger partial charge < -0.3 is 0 Å². The molecule has 0 aromatic carbocycles. The van der Waals surface area contributed by atoms with Gasteiger partial charge in [-0.1, -0.05) is 18.7 Å². The third-order valence-electron chi connectivity index (χ3n) is 3.01. The minimum absolute atomic E-state index is 0.823. The van der Waals surface area contributed by atoms with Crippen molar-refractivity contribution in [1.29, 1.82) is 0 Å². The van der Waals surface area contributed by atoms with Gasteiger partial charge in [0.05, 0.1) is 17.1 Å². The number of rotatable bonds is 3. The van der Waals surface area contributed by atoms with E-state index in [2.05, 4.69) is 21.5 Å². The van der Waals surface area contributed by atoms with Gasteiger partial charge >= 0.3 is 0 Å². The van der Waals surface area contributed by atoms with Gasteiger partial charge in [-0.15, -0.1) is 0 Å². The van der Waals surface area contributed by atoms with Gasteiger partial charge in [0.2, 0.25) is 0 Å². The first kappa shape index (κ1) is 12.2. The Hall–Kier alpha value is -2.81. The lowest BCUT2D eigenvalue weighted by Crippen LogP contribution is -1.93. The van der Waals surface area contributed by atoms with Gasteiger partial charge in [-0.05, 0) is 42.0 Å². The van der Waals surface area contributed by atoms with Gasteiger partial charge in [0.25, 0.3) is 0 Å². The maximum Gasteiger partial charge on any atom is 0.0980 e. The molecule has 3 aromatic rings. The molecule has 96 valence electrons. The lowest BCUT2D eigenvalue weighted by atomic mass is 10.1. The molecule has 3 nitrogen and oxygen atoms in total. The second kappa shape index (κ2) is 5.45. The van der Waals surface area contributed by atoms with E-state index < -0.39 is 0 Å². The third-order valence-corrected chi connectivity index (χ3v) is 3.01. The summed E-state index contributed by atoms with van der Waals surface area (Å²) in [5.41, 5.74) is 4.54. The van der Waals surface area contributed by atoms with Gasteiger partial charge in [0.15, 0.2) is 0 Å². The molecule has 0 bridgehead atoms. The summed E-state index contributed by atoms with van der Waals surface area (Å²) in [5, 5.41) is 0. The molecule has 0 saturated carbocycles. The van der Waals surface area contributed by atoms with Gasteiger partial charge in [-0.25, -0.2) is 0 Å². The first-order chi connectivity index (χ1) is 9.88. The fraction of sp³-hybridized carbons (Fsp3) is 0. The monoisotopic (exact) mass is 259 g/mol. The molecule has 0 aliphatic heterocycles. The molecule has 3 heterocycles. The van der Waals surface area contributed by atoms with E-state index in [1.165, 1.54) is 0 Å². The molecule has 20 heavy (non-hydrogen) atoms. The van der Waals surface area contributed by atoms with Gasteiger partial charge in [0, 0.05) is 24.2 Å². The SMILES string of the molecule is C=Cc1ccnc(-c2ncccc2-c2ccccn2)c1. The summed E-state index contributed by atoms with van der Waals surface area (Å²) in [6.45, 7) is 3.79. The number of aromatic nitrogens is 3. The molecule has 0 spiro atoms. The van der Waals surface area contributed by atoms with Crippen molar-refractivity contribution in [2.45, 2.75) is 0 Å². The summed E-state index contributed by atoms with van der Waals surface area (Å²) in [5.74, 6) is 0. The highest BCUT2D eigenvalue weighted by atomic mass is 14.8. The van der Waals surface area contributed by atoms with Crippen LogP contribution in [-0.2, 0) is 0 Å². The fourth-order valence-corrected chi connectivity index (χ4v) is 2.04. The number of pyridine rings is 3. The summed E-state index contributed by atoms with van der Waals surface area (Å²) >= 11 is 0. The molecule has 3 heteroatoms. The van der Waals surface area contributed by atoms with E-state index in [0.29, 0.717) is 0 Å². The van der Waals surface area contributed by atoms with Gasteiger partial charge in [-0.3, -0.25) is 15.0 Å². The maximum atomic E-state index is 4.46. The van der Waals surface area contributed by atoms with E-state index in [4.69, 9.17) is 0 Å². The molecule has 0 fully saturated rings. The summed E-state index contributed by atoms with van der Waals surface area (Å²) < 4.78 is 0.